The Labute approximate surface area is 158 Å². The van der Waals surface area contributed by atoms with Crippen LogP contribution < -0.4 is 21.6 Å². The van der Waals surface area contributed by atoms with Gasteiger partial charge in [-0.25, -0.2) is 9.82 Å². The highest BCUT2D eigenvalue weighted by Crippen LogP contribution is 2.36. The maximum atomic E-state index is 13.5. The van der Waals surface area contributed by atoms with Gasteiger partial charge in [0.15, 0.2) is 0 Å². The molecule has 0 spiro atoms. The zero-order valence-electron chi connectivity index (χ0n) is 15.5. The molecule has 1 amide bonds. The number of hydrazine groups is 2. The lowest BCUT2D eigenvalue weighted by molar-refractivity contribution is -0.116. The van der Waals surface area contributed by atoms with Crippen molar-refractivity contribution in [2.45, 2.75) is 56.9 Å². The third-order valence-corrected chi connectivity index (χ3v) is 6.31. The fourth-order valence-electron chi connectivity index (χ4n) is 4.72. The second kappa shape index (κ2) is 9.36. The van der Waals surface area contributed by atoms with Crippen molar-refractivity contribution in [3.63, 3.8) is 0 Å². The van der Waals surface area contributed by atoms with Gasteiger partial charge in [-0.2, -0.15) is 19.3 Å². The van der Waals surface area contributed by atoms with Gasteiger partial charge in [-0.3, -0.25) is 4.79 Å². The molecule has 6 nitrogen and oxygen atoms in total. The van der Waals surface area contributed by atoms with Gasteiger partial charge in [0.2, 0.25) is 5.91 Å². The number of alkyl halides is 3. The summed E-state index contributed by atoms with van der Waals surface area (Å²) in [5.74, 6) is 0.438. The molecule has 3 rings (SSSR count). The summed E-state index contributed by atoms with van der Waals surface area (Å²) in [6.07, 6.45) is 4.31. The molecule has 3 aliphatic rings. The maximum absolute atomic E-state index is 13.5. The van der Waals surface area contributed by atoms with Crippen LogP contribution in [0.5, 0.6) is 0 Å². The second-order valence-electron chi connectivity index (χ2n) is 7.93. The van der Waals surface area contributed by atoms with Crippen LogP contribution in [0.25, 0.3) is 0 Å². The minimum absolute atomic E-state index is 0.125. The van der Waals surface area contributed by atoms with Gasteiger partial charge in [0.25, 0.3) is 0 Å². The molecule has 27 heavy (non-hydrogen) atoms. The Kier molecular flexibility index (Phi) is 7.13. The molecule has 3 fully saturated rings. The Morgan fingerprint density at radius 2 is 2.00 bits per heavy atom. The molecular formula is C18H30F3N5O. The van der Waals surface area contributed by atoms with Crippen LogP contribution in [0.3, 0.4) is 0 Å². The number of carbonyl (C=O) groups excluding carboxylic acids is 1. The highest BCUT2D eigenvalue weighted by Gasteiger charge is 2.42. The average Bonchev–Trinajstić information content (AvgIpc) is 3.17. The topological polar surface area (TPSA) is 68.4 Å². The van der Waals surface area contributed by atoms with Crippen LogP contribution in [0.4, 0.5) is 13.2 Å². The number of amides is 1. The van der Waals surface area contributed by atoms with Gasteiger partial charge >= 0.3 is 6.55 Å². The summed E-state index contributed by atoms with van der Waals surface area (Å²) >= 11 is 0. The van der Waals surface area contributed by atoms with E-state index in [1.165, 1.54) is 6.08 Å². The fraction of sp³-hybridized carbons (Fsp3) is 0.833. The molecule has 4 unspecified atom stereocenters. The second-order valence-corrected chi connectivity index (χ2v) is 7.93. The van der Waals surface area contributed by atoms with Crippen LogP contribution in [0.15, 0.2) is 12.7 Å². The molecule has 2 heterocycles. The standard InChI is InChI=1S/C18H30F3N5O/c1-2-17(27)23-9-12-8-22-15(11-3-5-13(19)6-4-11)7-14(12)16-10-26(18(20)21)25-24-16/h2,11-16,18,22,24-25H,1,3-10H2,(H,23,27). The summed E-state index contributed by atoms with van der Waals surface area (Å²) in [6.45, 7) is 2.27. The van der Waals surface area contributed by atoms with Crippen molar-refractivity contribution in [3.8, 4) is 0 Å². The molecule has 4 atom stereocenters. The Morgan fingerprint density at radius 3 is 2.63 bits per heavy atom. The summed E-state index contributed by atoms with van der Waals surface area (Å²) in [4.78, 5) is 11.5. The summed E-state index contributed by atoms with van der Waals surface area (Å²) in [6, 6.07) is 0.128. The maximum Gasteiger partial charge on any atom is 0.308 e. The molecular weight excluding hydrogens is 359 g/mol. The molecule has 0 bridgehead atoms. The number of nitrogens with one attached hydrogen (secondary N) is 4. The van der Waals surface area contributed by atoms with Crippen molar-refractivity contribution in [1.82, 2.24) is 26.6 Å². The van der Waals surface area contributed by atoms with Gasteiger partial charge in [-0.1, -0.05) is 6.58 Å². The summed E-state index contributed by atoms with van der Waals surface area (Å²) in [5, 5.41) is 7.30. The Morgan fingerprint density at radius 1 is 1.26 bits per heavy atom. The van der Waals surface area contributed by atoms with E-state index in [0.29, 0.717) is 31.8 Å². The molecule has 1 aliphatic carbocycles. The average molecular weight is 389 g/mol. The number of carbonyl (C=O) groups is 1. The van der Waals surface area contributed by atoms with E-state index in [1.807, 2.05) is 0 Å². The van der Waals surface area contributed by atoms with Gasteiger partial charge in [0.05, 0.1) is 0 Å². The summed E-state index contributed by atoms with van der Waals surface area (Å²) in [5.41, 5.74) is 5.56. The van der Waals surface area contributed by atoms with E-state index < -0.39 is 12.7 Å². The lowest BCUT2D eigenvalue weighted by atomic mass is 9.72. The van der Waals surface area contributed by atoms with E-state index in [4.69, 9.17) is 0 Å². The lowest BCUT2D eigenvalue weighted by Crippen LogP contribution is -2.56. The van der Waals surface area contributed by atoms with Crippen molar-refractivity contribution >= 4 is 5.91 Å². The van der Waals surface area contributed by atoms with Gasteiger partial charge in [-0.05, 0) is 55.9 Å². The Bertz CT molecular complexity index is 515. The zero-order valence-corrected chi connectivity index (χ0v) is 15.5. The molecule has 1 saturated carbocycles. The molecule has 2 saturated heterocycles. The van der Waals surface area contributed by atoms with Crippen LogP contribution in [0, 0.1) is 17.8 Å². The first-order chi connectivity index (χ1) is 13.0. The van der Waals surface area contributed by atoms with E-state index in [0.717, 1.165) is 24.3 Å². The van der Waals surface area contributed by atoms with Crippen LogP contribution in [-0.2, 0) is 4.79 Å². The summed E-state index contributed by atoms with van der Waals surface area (Å²) < 4.78 is 39.5. The first-order valence-electron chi connectivity index (χ1n) is 9.81. The van der Waals surface area contributed by atoms with Crippen LogP contribution in [0.1, 0.15) is 32.1 Å². The Hall–Kier alpha value is -1.16. The fourth-order valence-corrected chi connectivity index (χ4v) is 4.72. The van der Waals surface area contributed by atoms with E-state index in [2.05, 4.69) is 28.2 Å². The zero-order chi connectivity index (χ0) is 19.4. The van der Waals surface area contributed by atoms with E-state index >= 15 is 0 Å². The number of piperidine rings is 1. The number of nitrogens with zero attached hydrogens (tertiary/aromatic N) is 1. The predicted octanol–water partition coefficient (Wildman–Crippen LogP) is 1.33. The molecule has 2 aliphatic heterocycles. The minimum Gasteiger partial charge on any atom is -0.352 e. The lowest BCUT2D eigenvalue weighted by Gasteiger charge is -2.43. The van der Waals surface area contributed by atoms with Gasteiger partial charge in [0, 0.05) is 31.7 Å². The third kappa shape index (κ3) is 5.22. The first-order valence-corrected chi connectivity index (χ1v) is 9.81. The SMILES string of the molecule is C=CC(=O)NCC1CNC(C2CCC(F)CC2)CC1C1CN(C(F)F)NN1. The number of hydrogen-bond donors (Lipinski definition) is 4. The Balaban J connectivity index is 1.64. The largest absolute Gasteiger partial charge is 0.352 e. The molecule has 9 heteroatoms. The molecule has 154 valence electrons. The van der Waals surface area contributed by atoms with Crippen molar-refractivity contribution in [2.75, 3.05) is 19.6 Å². The highest BCUT2D eigenvalue weighted by molar-refractivity contribution is 5.86. The number of hydrogen-bond acceptors (Lipinski definition) is 5. The monoisotopic (exact) mass is 389 g/mol. The van der Waals surface area contributed by atoms with Crippen LogP contribution >= 0.6 is 0 Å². The van der Waals surface area contributed by atoms with E-state index in [1.54, 1.807) is 0 Å². The molecule has 0 aromatic heterocycles. The number of rotatable bonds is 6. The van der Waals surface area contributed by atoms with E-state index in [-0.39, 0.29) is 36.4 Å². The molecule has 0 aromatic rings. The van der Waals surface area contributed by atoms with Gasteiger partial charge in [-0.15, -0.1) is 0 Å². The van der Waals surface area contributed by atoms with Crippen LogP contribution in [-0.4, -0.2) is 55.4 Å². The normalized spacial score (nSPS) is 38.1. The van der Waals surface area contributed by atoms with Gasteiger partial charge in [0.1, 0.15) is 6.17 Å². The van der Waals surface area contributed by atoms with Crippen molar-refractivity contribution < 1.29 is 18.0 Å². The quantitative estimate of drug-likeness (QED) is 0.408. The van der Waals surface area contributed by atoms with Crippen LogP contribution in [0.2, 0.25) is 0 Å². The molecule has 0 radical (unpaired) electrons. The van der Waals surface area contributed by atoms with Gasteiger partial charge < -0.3 is 10.6 Å². The highest BCUT2D eigenvalue weighted by atomic mass is 19.3. The predicted molar refractivity (Wildman–Crippen MR) is 96.2 cm³/mol. The molecule has 4 N–H and O–H groups in total. The first kappa shape index (κ1) is 20.6. The van der Waals surface area contributed by atoms with Crippen molar-refractivity contribution in [3.05, 3.63) is 12.7 Å². The number of halogens is 3. The van der Waals surface area contributed by atoms with E-state index in [9.17, 15) is 18.0 Å². The smallest absolute Gasteiger partial charge is 0.308 e. The minimum atomic E-state index is -2.57. The summed E-state index contributed by atoms with van der Waals surface area (Å²) in [7, 11) is 0. The van der Waals surface area contributed by atoms with Crippen molar-refractivity contribution in [2.24, 2.45) is 17.8 Å². The third-order valence-electron chi connectivity index (χ3n) is 6.31. The molecule has 0 aromatic carbocycles. The van der Waals surface area contributed by atoms with Crippen molar-refractivity contribution in [1.29, 1.82) is 0 Å².